The van der Waals surface area contributed by atoms with Crippen molar-refractivity contribution in [1.29, 1.82) is 0 Å². The maximum atomic E-state index is 12.9. The van der Waals surface area contributed by atoms with Gasteiger partial charge in [-0.1, -0.05) is 67.1 Å². The number of aryl methyl sites for hydroxylation is 1. The number of fused-ring (bicyclic) bond motifs is 1. The average molecular weight is 486 g/mol. The minimum absolute atomic E-state index is 0.00531. The molecule has 0 spiro atoms. The molecular weight excluding hydrogens is 454 g/mol. The molecule has 0 amide bonds. The van der Waals surface area contributed by atoms with E-state index in [4.69, 9.17) is 11.6 Å². The van der Waals surface area contributed by atoms with Crippen molar-refractivity contribution in [2.45, 2.75) is 39.0 Å². The van der Waals surface area contributed by atoms with E-state index in [0.29, 0.717) is 17.2 Å². The molecule has 1 aliphatic carbocycles. The van der Waals surface area contributed by atoms with E-state index in [-0.39, 0.29) is 11.7 Å². The van der Waals surface area contributed by atoms with Gasteiger partial charge in [0.25, 0.3) is 0 Å². The molecule has 3 aromatic rings. The number of allylic oxidation sites excluding steroid dienone is 3. The van der Waals surface area contributed by atoms with E-state index in [0.717, 1.165) is 42.6 Å². The number of phenolic OH excluding ortho intramolecular Hbond substituents is 1. The molecule has 3 nitrogen and oxygen atoms in total. The number of benzene rings is 3. The Morgan fingerprint density at radius 3 is 2.66 bits per heavy atom. The van der Waals surface area contributed by atoms with Crippen LogP contribution in [0.4, 0.5) is 11.4 Å². The van der Waals surface area contributed by atoms with Crippen LogP contribution in [-0.2, 0) is 24.1 Å². The van der Waals surface area contributed by atoms with Crippen LogP contribution in [0.3, 0.4) is 0 Å². The summed E-state index contributed by atoms with van der Waals surface area (Å²) in [4.78, 5) is 15.0. The Hall–Kier alpha value is -3.30. The number of hydrogen-bond acceptors (Lipinski definition) is 3. The van der Waals surface area contributed by atoms with Crippen LogP contribution < -0.4 is 4.90 Å². The van der Waals surface area contributed by atoms with Crippen LogP contribution >= 0.6 is 11.6 Å². The zero-order valence-electron chi connectivity index (χ0n) is 20.4. The molecule has 1 unspecified atom stereocenters. The van der Waals surface area contributed by atoms with E-state index in [2.05, 4.69) is 47.4 Å². The van der Waals surface area contributed by atoms with E-state index in [1.165, 1.54) is 16.7 Å². The molecule has 1 N–H and O–H groups in total. The third-order valence-corrected chi connectivity index (χ3v) is 6.91. The number of carbonyl (C=O) groups excluding carboxylic acids is 1. The summed E-state index contributed by atoms with van der Waals surface area (Å²) in [6, 6.07) is 19.6. The number of hydrogen-bond donors (Lipinski definition) is 1. The number of aromatic hydroxyl groups is 1. The molecule has 0 bridgehead atoms. The molecule has 0 saturated heterocycles. The van der Waals surface area contributed by atoms with E-state index in [1.54, 1.807) is 12.1 Å². The van der Waals surface area contributed by atoms with Gasteiger partial charge in [-0.25, -0.2) is 0 Å². The van der Waals surface area contributed by atoms with Crippen LogP contribution in [0.5, 0.6) is 5.75 Å². The molecule has 3 aromatic carbocycles. The molecular formula is C31H32ClNO2. The lowest BCUT2D eigenvalue weighted by Crippen LogP contribution is -2.15. The van der Waals surface area contributed by atoms with Crippen molar-refractivity contribution in [1.82, 2.24) is 0 Å². The molecule has 0 aromatic heterocycles. The molecule has 35 heavy (non-hydrogen) atoms. The monoisotopic (exact) mass is 485 g/mol. The summed E-state index contributed by atoms with van der Waals surface area (Å²) < 4.78 is 0. The Morgan fingerprint density at radius 2 is 1.86 bits per heavy atom. The minimum Gasteiger partial charge on any atom is -0.508 e. The first kappa shape index (κ1) is 24.8. The number of anilines is 2. The molecule has 4 rings (SSSR count). The third-order valence-electron chi connectivity index (χ3n) is 6.67. The fourth-order valence-electron chi connectivity index (χ4n) is 4.60. The summed E-state index contributed by atoms with van der Waals surface area (Å²) in [7, 11) is 1.99. The predicted molar refractivity (Wildman–Crippen MR) is 147 cm³/mol. The highest BCUT2D eigenvalue weighted by Crippen LogP contribution is 2.32. The Bertz CT molecular complexity index is 1240. The fraction of sp³-hybridized carbons (Fsp3) is 0.258. The molecule has 0 fully saturated rings. The van der Waals surface area contributed by atoms with Gasteiger partial charge in [-0.2, -0.15) is 0 Å². The number of Topliss-reactive ketones (excluding diaryl/α,β-unsaturated/α-hetero) is 1. The quantitative estimate of drug-likeness (QED) is 0.337. The Morgan fingerprint density at radius 1 is 1.06 bits per heavy atom. The SMILES string of the molecule is CC(Cc1ccc2c(c1)CC=CC=C2)C(=O)CCCc1ccc(Cl)cc1N(C)c1ccc(O)cc1. The first-order chi connectivity index (χ1) is 16.9. The standard InChI is InChI=1S/C31H32ClNO2/c1-22(19-23-11-12-24-7-4-3-5-8-26(24)20-23)31(35)10-6-9-25-13-14-27(32)21-30(25)33(2)28-15-17-29(34)18-16-28/h3-5,7,11-18,20-22,34H,6,8-10,19H2,1-2H3. The highest BCUT2D eigenvalue weighted by atomic mass is 35.5. The number of halogens is 1. The molecule has 0 heterocycles. The Kier molecular flexibility index (Phi) is 8.09. The van der Waals surface area contributed by atoms with Gasteiger partial charge < -0.3 is 10.0 Å². The van der Waals surface area contributed by atoms with Gasteiger partial charge in [-0.15, -0.1) is 0 Å². The van der Waals surface area contributed by atoms with Crippen molar-refractivity contribution in [3.63, 3.8) is 0 Å². The maximum Gasteiger partial charge on any atom is 0.136 e. The third kappa shape index (κ3) is 6.43. The minimum atomic E-state index is -0.00531. The summed E-state index contributed by atoms with van der Waals surface area (Å²) in [6.07, 6.45) is 12.3. The summed E-state index contributed by atoms with van der Waals surface area (Å²) in [5.41, 5.74) is 6.93. The van der Waals surface area contributed by atoms with Gasteiger partial charge >= 0.3 is 0 Å². The topological polar surface area (TPSA) is 40.5 Å². The molecule has 1 atom stereocenters. The summed E-state index contributed by atoms with van der Waals surface area (Å²) in [5, 5.41) is 10.3. The molecule has 4 heteroatoms. The number of phenols is 1. The Labute approximate surface area is 213 Å². The van der Waals surface area contributed by atoms with Crippen molar-refractivity contribution in [3.8, 4) is 5.75 Å². The number of ketones is 1. The number of nitrogens with zero attached hydrogens (tertiary/aromatic N) is 1. The van der Waals surface area contributed by atoms with Crippen LogP contribution in [0.25, 0.3) is 6.08 Å². The normalized spacial score (nSPS) is 13.2. The summed E-state index contributed by atoms with van der Waals surface area (Å²) in [6.45, 7) is 2.04. The lowest BCUT2D eigenvalue weighted by molar-refractivity contribution is -0.122. The fourth-order valence-corrected chi connectivity index (χ4v) is 4.77. The average Bonchev–Trinajstić information content (AvgIpc) is 3.10. The molecule has 180 valence electrons. The molecule has 1 aliphatic rings. The highest BCUT2D eigenvalue weighted by Gasteiger charge is 2.16. The van der Waals surface area contributed by atoms with E-state index in [1.807, 2.05) is 44.3 Å². The first-order valence-corrected chi connectivity index (χ1v) is 12.6. The van der Waals surface area contributed by atoms with Crippen LogP contribution in [-0.4, -0.2) is 17.9 Å². The van der Waals surface area contributed by atoms with Crippen molar-refractivity contribution in [2.24, 2.45) is 5.92 Å². The lowest BCUT2D eigenvalue weighted by Gasteiger charge is -2.23. The van der Waals surface area contributed by atoms with Gasteiger partial charge in [0.2, 0.25) is 0 Å². The van der Waals surface area contributed by atoms with Crippen LogP contribution in [0.2, 0.25) is 5.02 Å². The highest BCUT2D eigenvalue weighted by molar-refractivity contribution is 6.30. The molecule has 0 radical (unpaired) electrons. The van der Waals surface area contributed by atoms with Crippen molar-refractivity contribution < 1.29 is 9.90 Å². The van der Waals surface area contributed by atoms with Crippen LogP contribution in [0, 0.1) is 5.92 Å². The zero-order chi connectivity index (χ0) is 24.8. The van der Waals surface area contributed by atoms with Crippen molar-refractivity contribution in [3.05, 3.63) is 106 Å². The summed E-state index contributed by atoms with van der Waals surface area (Å²) in [5.74, 6) is 0.539. The van der Waals surface area contributed by atoms with E-state index >= 15 is 0 Å². The van der Waals surface area contributed by atoms with Gasteiger partial charge in [0.05, 0.1) is 0 Å². The number of rotatable bonds is 9. The second kappa shape index (κ2) is 11.4. The lowest BCUT2D eigenvalue weighted by atomic mass is 9.91. The van der Waals surface area contributed by atoms with Gasteiger partial charge in [0.1, 0.15) is 11.5 Å². The second-order valence-electron chi connectivity index (χ2n) is 9.30. The van der Waals surface area contributed by atoms with E-state index < -0.39 is 0 Å². The smallest absolute Gasteiger partial charge is 0.136 e. The van der Waals surface area contributed by atoms with E-state index in [9.17, 15) is 9.90 Å². The Balaban J connectivity index is 1.36. The zero-order valence-corrected chi connectivity index (χ0v) is 21.1. The number of carbonyl (C=O) groups is 1. The van der Waals surface area contributed by atoms with Crippen LogP contribution in [0.1, 0.15) is 42.0 Å². The first-order valence-electron chi connectivity index (χ1n) is 12.2. The van der Waals surface area contributed by atoms with Gasteiger partial charge in [-0.05, 0) is 84.3 Å². The predicted octanol–water partition coefficient (Wildman–Crippen LogP) is 7.71. The van der Waals surface area contributed by atoms with Gasteiger partial charge in [-0.3, -0.25) is 4.79 Å². The van der Waals surface area contributed by atoms with Gasteiger partial charge in [0, 0.05) is 35.8 Å². The second-order valence-corrected chi connectivity index (χ2v) is 9.73. The van der Waals surface area contributed by atoms with Crippen molar-refractivity contribution in [2.75, 3.05) is 11.9 Å². The molecule has 0 aliphatic heterocycles. The largest absolute Gasteiger partial charge is 0.508 e. The summed E-state index contributed by atoms with van der Waals surface area (Å²) >= 11 is 6.30. The van der Waals surface area contributed by atoms with Crippen molar-refractivity contribution >= 4 is 34.8 Å². The maximum absolute atomic E-state index is 12.9. The molecule has 0 saturated carbocycles. The van der Waals surface area contributed by atoms with Crippen LogP contribution in [0.15, 0.2) is 78.9 Å². The van der Waals surface area contributed by atoms with Gasteiger partial charge in [0.15, 0.2) is 0 Å².